The summed E-state index contributed by atoms with van der Waals surface area (Å²) < 4.78 is 5.37. The molecule has 5 heteroatoms. The molecule has 0 aromatic heterocycles. The largest absolute Gasteiger partial charge is 0.444 e. The second kappa shape index (κ2) is 7.09. The van der Waals surface area contributed by atoms with Crippen molar-refractivity contribution in [2.45, 2.75) is 39.3 Å². The Morgan fingerprint density at radius 1 is 1.33 bits per heavy atom. The summed E-state index contributed by atoms with van der Waals surface area (Å²) in [6.45, 7) is 6.75. The molecular formula is C16H22N2O3. The normalized spacial score (nSPS) is 13.4. The molecule has 0 unspecified atom stereocenters. The van der Waals surface area contributed by atoms with Crippen LogP contribution in [0.15, 0.2) is 18.2 Å². The molecule has 21 heavy (non-hydrogen) atoms. The van der Waals surface area contributed by atoms with Gasteiger partial charge in [0.2, 0.25) is 0 Å². The van der Waals surface area contributed by atoms with Gasteiger partial charge in [-0.3, -0.25) is 0 Å². The third-order valence-electron chi connectivity index (χ3n) is 3.00. The van der Waals surface area contributed by atoms with Gasteiger partial charge in [-0.05, 0) is 50.5 Å². The Balaban J connectivity index is 0.00000106. The topological polar surface area (TPSA) is 73.6 Å². The Bertz CT molecular complexity index is 541. The zero-order valence-electron chi connectivity index (χ0n) is 13.0. The first-order chi connectivity index (χ1) is 9.89. The van der Waals surface area contributed by atoms with Crippen LogP contribution >= 0.6 is 0 Å². The number of carbonyl (C=O) groups excluding carboxylic acids is 1. The second-order valence-electron chi connectivity index (χ2n) is 5.75. The molecule has 5 nitrogen and oxygen atoms in total. The molecule has 1 aromatic carbocycles. The summed E-state index contributed by atoms with van der Waals surface area (Å²) in [5, 5.41) is 15.9. The Morgan fingerprint density at radius 2 is 2.00 bits per heavy atom. The number of hydrogen-bond acceptors (Lipinski definition) is 4. The summed E-state index contributed by atoms with van der Waals surface area (Å²) in [6, 6.07) is 7.77. The maximum atomic E-state index is 12.0. The van der Waals surface area contributed by atoms with Gasteiger partial charge in [0.05, 0.1) is 11.6 Å². The Hall–Kier alpha value is -2.06. The van der Waals surface area contributed by atoms with Gasteiger partial charge in [0.15, 0.2) is 0 Å². The Morgan fingerprint density at radius 3 is 2.57 bits per heavy atom. The molecular weight excluding hydrogens is 268 g/mol. The Kier molecular flexibility index (Phi) is 5.74. The number of hydrogen-bond donors (Lipinski definition) is 1. The van der Waals surface area contributed by atoms with Gasteiger partial charge in [0.25, 0.3) is 0 Å². The predicted molar refractivity (Wildman–Crippen MR) is 79.6 cm³/mol. The van der Waals surface area contributed by atoms with Gasteiger partial charge in [-0.15, -0.1) is 0 Å². The van der Waals surface area contributed by atoms with E-state index in [1.165, 1.54) is 5.56 Å². The number of rotatable bonds is 0. The first-order valence-corrected chi connectivity index (χ1v) is 6.83. The van der Waals surface area contributed by atoms with Crippen molar-refractivity contribution in [2.24, 2.45) is 0 Å². The highest BCUT2D eigenvalue weighted by Gasteiger charge is 2.25. The SMILES string of the molecule is CC(C)(C)OC(=O)N1CCc2ccc(C#N)cc2C1.CO. The lowest BCUT2D eigenvalue weighted by Crippen LogP contribution is -2.39. The minimum atomic E-state index is -0.480. The van der Waals surface area contributed by atoms with Crippen LogP contribution in [0.25, 0.3) is 0 Å². The van der Waals surface area contributed by atoms with E-state index in [4.69, 9.17) is 15.1 Å². The van der Waals surface area contributed by atoms with E-state index in [2.05, 4.69) is 6.07 Å². The van der Waals surface area contributed by atoms with E-state index in [1.807, 2.05) is 39.0 Å². The summed E-state index contributed by atoms with van der Waals surface area (Å²) in [6.07, 6.45) is 0.515. The van der Waals surface area contributed by atoms with Gasteiger partial charge >= 0.3 is 6.09 Å². The lowest BCUT2D eigenvalue weighted by molar-refractivity contribution is 0.0224. The molecule has 0 spiro atoms. The third kappa shape index (κ3) is 4.76. The molecule has 1 N–H and O–H groups in total. The van der Waals surface area contributed by atoms with Crippen LogP contribution in [-0.2, 0) is 17.7 Å². The van der Waals surface area contributed by atoms with Crippen molar-refractivity contribution in [2.75, 3.05) is 13.7 Å². The molecule has 1 aliphatic rings. The number of ether oxygens (including phenoxy) is 1. The van der Waals surface area contributed by atoms with Crippen LogP contribution in [-0.4, -0.2) is 35.4 Å². The van der Waals surface area contributed by atoms with Crippen LogP contribution < -0.4 is 0 Å². The van der Waals surface area contributed by atoms with Crippen LogP contribution in [0.4, 0.5) is 4.79 Å². The average Bonchev–Trinajstić information content (AvgIpc) is 2.46. The summed E-state index contributed by atoms with van der Waals surface area (Å²) in [7, 11) is 1.00. The number of nitriles is 1. The van der Waals surface area contributed by atoms with E-state index < -0.39 is 5.60 Å². The lowest BCUT2D eigenvalue weighted by Gasteiger charge is -2.31. The van der Waals surface area contributed by atoms with Crippen molar-refractivity contribution in [1.82, 2.24) is 4.90 Å². The minimum absolute atomic E-state index is 0.291. The maximum absolute atomic E-state index is 12.0. The lowest BCUT2D eigenvalue weighted by atomic mass is 9.98. The van der Waals surface area contributed by atoms with Crippen molar-refractivity contribution in [3.63, 3.8) is 0 Å². The van der Waals surface area contributed by atoms with E-state index in [0.717, 1.165) is 19.1 Å². The zero-order valence-corrected chi connectivity index (χ0v) is 13.0. The smallest absolute Gasteiger partial charge is 0.410 e. The quantitative estimate of drug-likeness (QED) is 0.796. The third-order valence-corrected chi connectivity index (χ3v) is 3.00. The standard InChI is InChI=1S/C15H18N2O2.CH4O/c1-15(2,3)19-14(18)17-7-6-12-5-4-11(9-16)8-13(12)10-17;1-2/h4-5,8H,6-7,10H2,1-3H3;2H,1H3. The zero-order chi connectivity index (χ0) is 16.0. The van der Waals surface area contributed by atoms with Crippen LogP contribution in [0.3, 0.4) is 0 Å². The molecule has 0 radical (unpaired) electrons. The highest BCUT2D eigenvalue weighted by molar-refractivity contribution is 5.68. The highest BCUT2D eigenvalue weighted by Crippen LogP contribution is 2.22. The number of benzene rings is 1. The molecule has 0 saturated heterocycles. The molecule has 0 aliphatic carbocycles. The van der Waals surface area contributed by atoms with Crippen molar-refractivity contribution in [1.29, 1.82) is 5.26 Å². The molecule has 0 fully saturated rings. The Labute approximate surface area is 125 Å². The number of nitrogens with zero attached hydrogens (tertiary/aromatic N) is 2. The van der Waals surface area contributed by atoms with E-state index >= 15 is 0 Å². The first kappa shape index (κ1) is 17.0. The van der Waals surface area contributed by atoms with Crippen molar-refractivity contribution < 1.29 is 14.6 Å². The van der Waals surface area contributed by atoms with Gasteiger partial charge in [-0.25, -0.2) is 4.79 Å². The highest BCUT2D eigenvalue weighted by atomic mass is 16.6. The second-order valence-corrected chi connectivity index (χ2v) is 5.75. The van der Waals surface area contributed by atoms with Gasteiger partial charge in [-0.1, -0.05) is 6.07 Å². The molecule has 0 atom stereocenters. The molecule has 1 aliphatic heterocycles. The number of aliphatic hydroxyl groups excluding tert-OH is 1. The summed E-state index contributed by atoms with van der Waals surface area (Å²) in [4.78, 5) is 13.7. The average molecular weight is 290 g/mol. The molecule has 2 rings (SSSR count). The van der Waals surface area contributed by atoms with Crippen LogP contribution in [0.1, 0.15) is 37.5 Å². The van der Waals surface area contributed by atoms with E-state index in [0.29, 0.717) is 18.7 Å². The molecule has 114 valence electrons. The van der Waals surface area contributed by atoms with Crippen molar-refractivity contribution in [3.05, 3.63) is 34.9 Å². The summed E-state index contributed by atoms with van der Waals surface area (Å²) >= 11 is 0. The van der Waals surface area contributed by atoms with Gasteiger partial charge < -0.3 is 14.7 Å². The fourth-order valence-corrected chi connectivity index (χ4v) is 2.11. The molecule has 0 saturated carbocycles. The van der Waals surface area contributed by atoms with Crippen LogP contribution in [0, 0.1) is 11.3 Å². The van der Waals surface area contributed by atoms with E-state index in [9.17, 15) is 4.79 Å². The predicted octanol–water partition coefficient (Wildman–Crippen LogP) is 2.46. The fourth-order valence-electron chi connectivity index (χ4n) is 2.11. The van der Waals surface area contributed by atoms with Crippen LogP contribution in [0.5, 0.6) is 0 Å². The minimum Gasteiger partial charge on any atom is -0.444 e. The number of amides is 1. The number of aliphatic hydroxyl groups is 1. The van der Waals surface area contributed by atoms with Crippen molar-refractivity contribution in [3.8, 4) is 6.07 Å². The molecule has 1 aromatic rings. The number of fused-ring (bicyclic) bond motifs is 1. The summed E-state index contributed by atoms with van der Waals surface area (Å²) in [5.41, 5.74) is 2.39. The molecule has 1 heterocycles. The molecule has 0 bridgehead atoms. The monoisotopic (exact) mass is 290 g/mol. The number of carbonyl (C=O) groups is 1. The van der Waals surface area contributed by atoms with Gasteiger partial charge in [-0.2, -0.15) is 5.26 Å². The van der Waals surface area contributed by atoms with Crippen molar-refractivity contribution >= 4 is 6.09 Å². The first-order valence-electron chi connectivity index (χ1n) is 6.83. The van der Waals surface area contributed by atoms with E-state index in [1.54, 1.807) is 4.90 Å². The fraction of sp³-hybridized carbons (Fsp3) is 0.500. The molecule has 1 amide bonds. The maximum Gasteiger partial charge on any atom is 0.410 e. The summed E-state index contributed by atoms with van der Waals surface area (Å²) in [5.74, 6) is 0. The van der Waals surface area contributed by atoms with Gasteiger partial charge in [0.1, 0.15) is 5.60 Å². The van der Waals surface area contributed by atoms with Gasteiger partial charge in [0, 0.05) is 20.2 Å². The van der Waals surface area contributed by atoms with Crippen LogP contribution in [0.2, 0.25) is 0 Å². The van der Waals surface area contributed by atoms with E-state index in [-0.39, 0.29) is 6.09 Å².